The molecule has 81 heavy (non-hydrogen) atoms. The van der Waals surface area contributed by atoms with E-state index in [1.54, 1.807) is 0 Å². The van der Waals surface area contributed by atoms with E-state index < -0.39 is 0 Å². The van der Waals surface area contributed by atoms with Crippen LogP contribution in [0.2, 0.25) is 0 Å². The molecule has 0 spiro atoms. The van der Waals surface area contributed by atoms with Gasteiger partial charge >= 0.3 is 5.97 Å². The first kappa shape index (κ1) is 80.4. The minimum atomic E-state index is -0.0807. The first-order valence-electron chi connectivity index (χ1n) is 39.0. The molecule has 1 N–H and O–H groups in total. The standard InChI is InChI=1S/C78H156O3/c1-3-5-7-9-10-11-12-13-14-15-16-17-18-19-20-21-22-23-24-25-26-27-28-29-30-31-32-33-34-35-36-37-38-39-40-41-42-43-44-45-46-47-48-49-50-51-52-53-54-55-56-57-58-59-62-65-68-72-76-81-78(80)75-71-67-64-61-60-63-66-70-74-77(79)73-69-8-6-4-2/h77,79H,3-76H2,1-2H3. The highest BCUT2D eigenvalue weighted by atomic mass is 16.5. The Kier molecular flexibility index (Phi) is 75.0. The second kappa shape index (κ2) is 75.5. The molecule has 0 bridgehead atoms. The predicted molar refractivity (Wildman–Crippen MR) is 365 cm³/mol. The first-order chi connectivity index (χ1) is 40.2. The van der Waals surface area contributed by atoms with E-state index in [9.17, 15) is 9.90 Å². The maximum Gasteiger partial charge on any atom is 0.305 e. The Morgan fingerprint density at radius 1 is 0.222 bits per heavy atom. The van der Waals surface area contributed by atoms with E-state index in [1.165, 1.54) is 430 Å². The number of ether oxygens (including phenoxy) is 1. The lowest BCUT2D eigenvalue weighted by Gasteiger charge is -2.10. The molecule has 0 aliphatic carbocycles. The van der Waals surface area contributed by atoms with Crippen LogP contribution in [-0.4, -0.2) is 23.8 Å². The van der Waals surface area contributed by atoms with Gasteiger partial charge in [-0.1, -0.05) is 450 Å². The maximum absolute atomic E-state index is 12.1. The normalized spacial score (nSPS) is 12.1. The molecule has 0 amide bonds. The summed E-state index contributed by atoms with van der Waals surface area (Å²) in [6.45, 7) is 5.17. The van der Waals surface area contributed by atoms with Crippen molar-refractivity contribution in [2.75, 3.05) is 6.61 Å². The summed E-state index contributed by atoms with van der Waals surface area (Å²) in [5.74, 6) is 0.0105. The van der Waals surface area contributed by atoms with Gasteiger partial charge in [-0.25, -0.2) is 0 Å². The minimum absolute atomic E-state index is 0.0105. The number of aliphatic hydroxyl groups is 1. The van der Waals surface area contributed by atoms with Gasteiger partial charge in [-0.05, 0) is 25.7 Å². The quantitative estimate of drug-likeness (QED) is 0.0488. The monoisotopic (exact) mass is 1140 g/mol. The van der Waals surface area contributed by atoms with E-state index in [2.05, 4.69) is 13.8 Å². The molecule has 0 fully saturated rings. The van der Waals surface area contributed by atoms with E-state index >= 15 is 0 Å². The third-order valence-corrected chi connectivity index (χ3v) is 18.8. The van der Waals surface area contributed by atoms with E-state index in [1.807, 2.05) is 0 Å². The third-order valence-electron chi connectivity index (χ3n) is 18.8. The molecule has 486 valence electrons. The van der Waals surface area contributed by atoms with Gasteiger partial charge in [0.25, 0.3) is 0 Å². The van der Waals surface area contributed by atoms with Crippen LogP contribution >= 0.6 is 0 Å². The van der Waals surface area contributed by atoms with Crippen LogP contribution in [0.15, 0.2) is 0 Å². The van der Waals surface area contributed by atoms with Gasteiger partial charge in [0.15, 0.2) is 0 Å². The van der Waals surface area contributed by atoms with Crippen molar-refractivity contribution in [2.24, 2.45) is 0 Å². The lowest BCUT2D eigenvalue weighted by atomic mass is 10.0. The number of hydrogen-bond donors (Lipinski definition) is 1. The molecule has 1 unspecified atom stereocenters. The molecule has 3 heteroatoms. The minimum Gasteiger partial charge on any atom is -0.466 e. The predicted octanol–water partition coefficient (Wildman–Crippen LogP) is 28.4. The second-order valence-corrected chi connectivity index (χ2v) is 27.2. The van der Waals surface area contributed by atoms with Gasteiger partial charge in [0.1, 0.15) is 0 Å². The molecule has 0 saturated carbocycles. The smallest absolute Gasteiger partial charge is 0.305 e. The van der Waals surface area contributed by atoms with E-state index in [0.29, 0.717) is 13.0 Å². The summed E-state index contributed by atoms with van der Waals surface area (Å²) in [4.78, 5) is 12.1. The fraction of sp³-hybridized carbons (Fsp3) is 0.987. The van der Waals surface area contributed by atoms with Crippen molar-refractivity contribution in [1.82, 2.24) is 0 Å². The first-order valence-corrected chi connectivity index (χ1v) is 39.0. The number of unbranched alkanes of at least 4 members (excludes halogenated alkanes) is 67. The zero-order valence-corrected chi connectivity index (χ0v) is 56.7. The Hall–Kier alpha value is -0.570. The van der Waals surface area contributed by atoms with Gasteiger partial charge in [-0.15, -0.1) is 0 Å². The van der Waals surface area contributed by atoms with Crippen molar-refractivity contribution in [1.29, 1.82) is 0 Å². The summed E-state index contributed by atoms with van der Waals surface area (Å²) in [5.41, 5.74) is 0. The van der Waals surface area contributed by atoms with Crippen LogP contribution in [0.3, 0.4) is 0 Å². The van der Waals surface area contributed by atoms with Crippen LogP contribution in [0, 0.1) is 0 Å². The van der Waals surface area contributed by atoms with Crippen LogP contribution in [0.1, 0.15) is 483 Å². The largest absolute Gasteiger partial charge is 0.466 e. The molecule has 0 radical (unpaired) electrons. The van der Waals surface area contributed by atoms with E-state index in [4.69, 9.17) is 4.74 Å². The van der Waals surface area contributed by atoms with Gasteiger partial charge < -0.3 is 9.84 Å². The Bertz CT molecular complexity index is 1090. The van der Waals surface area contributed by atoms with Crippen molar-refractivity contribution in [3.8, 4) is 0 Å². The lowest BCUT2D eigenvalue weighted by Crippen LogP contribution is -2.06. The summed E-state index contributed by atoms with van der Waals surface area (Å²) in [7, 11) is 0. The highest BCUT2D eigenvalue weighted by Crippen LogP contribution is 2.21. The molecule has 0 aromatic rings. The van der Waals surface area contributed by atoms with E-state index in [0.717, 1.165) is 32.1 Å². The third kappa shape index (κ3) is 75.5. The van der Waals surface area contributed by atoms with Crippen LogP contribution < -0.4 is 0 Å². The summed E-state index contributed by atoms with van der Waals surface area (Å²) in [6.07, 6.45) is 102. The molecule has 3 nitrogen and oxygen atoms in total. The van der Waals surface area contributed by atoms with E-state index in [-0.39, 0.29) is 12.1 Å². The fourth-order valence-electron chi connectivity index (χ4n) is 13.0. The molecule has 0 saturated heterocycles. The molecular weight excluding hydrogens is 985 g/mol. The second-order valence-electron chi connectivity index (χ2n) is 27.2. The summed E-state index contributed by atoms with van der Waals surface area (Å²) < 4.78 is 5.50. The Morgan fingerprint density at radius 3 is 0.568 bits per heavy atom. The van der Waals surface area contributed by atoms with Gasteiger partial charge in [0, 0.05) is 6.42 Å². The number of rotatable bonds is 75. The van der Waals surface area contributed by atoms with Crippen molar-refractivity contribution < 1.29 is 14.6 Å². The molecule has 0 aliphatic heterocycles. The van der Waals surface area contributed by atoms with Crippen LogP contribution in [0.5, 0.6) is 0 Å². The van der Waals surface area contributed by atoms with Gasteiger partial charge in [-0.2, -0.15) is 0 Å². The molecule has 0 aromatic carbocycles. The summed E-state index contributed by atoms with van der Waals surface area (Å²) in [5, 5.41) is 10.1. The molecule has 1 atom stereocenters. The number of hydrogen-bond acceptors (Lipinski definition) is 3. The van der Waals surface area contributed by atoms with Crippen LogP contribution in [0.25, 0.3) is 0 Å². The highest BCUT2D eigenvalue weighted by molar-refractivity contribution is 5.69. The number of carbonyl (C=O) groups excluding carboxylic acids is 1. The number of carbonyl (C=O) groups is 1. The maximum atomic E-state index is 12.1. The fourth-order valence-corrected chi connectivity index (χ4v) is 13.0. The molecule has 0 aromatic heterocycles. The zero-order chi connectivity index (χ0) is 58.2. The summed E-state index contributed by atoms with van der Waals surface area (Å²) in [6, 6.07) is 0. The Morgan fingerprint density at radius 2 is 0.370 bits per heavy atom. The average Bonchev–Trinajstić information content (AvgIpc) is 3.47. The van der Waals surface area contributed by atoms with Crippen molar-refractivity contribution in [3.63, 3.8) is 0 Å². The van der Waals surface area contributed by atoms with Gasteiger partial charge in [0.2, 0.25) is 0 Å². The van der Waals surface area contributed by atoms with Gasteiger partial charge in [0.05, 0.1) is 12.7 Å². The Labute approximate surface area is 513 Å². The average molecular weight is 1140 g/mol. The van der Waals surface area contributed by atoms with Crippen molar-refractivity contribution in [3.05, 3.63) is 0 Å². The lowest BCUT2D eigenvalue weighted by molar-refractivity contribution is -0.143. The SMILES string of the molecule is CCCCCCCCCCCCCCCCCCCCCCCCCCCCCCCCCCCCCCCCCCCCCCCCCCCCCCCCCCCCOC(=O)CCCCCCCCCCC(O)CCCCCC. The number of aliphatic hydroxyl groups excluding tert-OH is 1. The van der Waals surface area contributed by atoms with Crippen LogP contribution in [-0.2, 0) is 9.53 Å². The summed E-state index contributed by atoms with van der Waals surface area (Å²) >= 11 is 0. The number of esters is 1. The molecule has 0 heterocycles. The van der Waals surface area contributed by atoms with Gasteiger partial charge in [-0.3, -0.25) is 4.79 Å². The topological polar surface area (TPSA) is 46.5 Å². The Balaban J connectivity index is 3.13. The highest BCUT2D eigenvalue weighted by Gasteiger charge is 2.06. The van der Waals surface area contributed by atoms with Crippen molar-refractivity contribution in [2.45, 2.75) is 489 Å². The molecule has 0 rings (SSSR count). The molecular formula is C78H156O3. The zero-order valence-electron chi connectivity index (χ0n) is 56.7. The molecule has 0 aliphatic rings. The van der Waals surface area contributed by atoms with Crippen LogP contribution in [0.4, 0.5) is 0 Å². The van der Waals surface area contributed by atoms with Crippen molar-refractivity contribution >= 4 is 5.97 Å².